The van der Waals surface area contributed by atoms with Crippen LogP contribution in [0.4, 0.5) is 17.2 Å². The highest BCUT2D eigenvalue weighted by Crippen LogP contribution is 2.36. The number of aromatic nitrogens is 3. The summed E-state index contributed by atoms with van der Waals surface area (Å²) in [6.07, 6.45) is 9.88. The molecule has 0 unspecified atom stereocenters. The minimum Gasteiger partial charge on any atom is -0.397 e. The second kappa shape index (κ2) is 5.49. The second-order valence-electron chi connectivity index (χ2n) is 6.03. The predicted octanol–water partition coefficient (Wildman–Crippen LogP) is 1.87. The van der Waals surface area contributed by atoms with Crippen LogP contribution in [0.1, 0.15) is 25.7 Å². The zero-order valence-electron chi connectivity index (χ0n) is 12.8. The summed E-state index contributed by atoms with van der Waals surface area (Å²) in [5.74, 6) is 2.07. The SMILES string of the molecule is NC1=Nc2cnc(-c3ccncc3N)nc2N(C2CCCC2)C1. The monoisotopic (exact) mass is 309 g/mol. The zero-order valence-corrected chi connectivity index (χ0v) is 12.8. The van der Waals surface area contributed by atoms with E-state index in [1.807, 2.05) is 6.07 Å². The number of hydrogen-bond acceptors (Lipinski definition) is 7. The number of rotatable bonds is 2. The van der Waals surface area contributed by atoms with E-state index in [9.17, 15) is 0 Å². The molecule has 4 rings (SSSR count). The average molecular weight is 309 g/mol. The van der Waals surface area contributed by atoms with Crippen molar-refractivity contribution in [3.8, 4) is 11.4 Å². The Bertz CT molecular complexity index is 765. The van der Waals surface area contributed by atoms with E-state index in [4.69, 9.17) is 16.5 Å². The Kier molecular flexibility index (Phi) is 3.33. The van der Waals surface area contributed by atoms with E-state index < -0.39 is 0 Å². The smallest absolute Gasteiger partial charge is 0.163 e. The lowest BCUT2D eigenvalue weighted by molar-refractivity contribution is 0.627. The summed E-state index contributed by atoms with van der Waals surface area (Å²) in [5.41, 5.74) is 14.1. The number of amidine groups is 1. The molecule has 0 atom stereocenters. The fourth-order valence-corrected chi connectivity index (χ4v) is 3.35. The van der Waals surface area contributed by atoms with Crippen LogP contribution in [0.15, 0.2) is 29.6 Å². The molecule has 1 fully saturated rings. The quantitative estimate of drug-likeness (QED) is 0.877. The highest BCUT2D eigenvalue weighted by Gasteiger charge is 2.29. The van der Waals surface area contributed by atoms with E-state index in [-0.39, 0.29) is 0 Å². The van der Waals surface area contributed by atoms with Gasteiger partial charge in [0.1, 0.15) is 11.5 Å². The largest absolute Gasteiger partial charge is 0.397 e. The van der Waals surface area contributed by atoms with Gasteiger partial charge < -0.3 is 16.4 Å². The van der Waals surface area contributed by atoms with E-state index in [0.29, 0.717) is 29.9 Å². The van der Waals surface area contributed by atoms with Crippen molar-refractivity contribution in [1.82, 2.24) is 15.0 Å². The maximum Gasteiger partial charge on any atom is 0.163 e. The van der Waals surface area contributed by atoms with Crippen LogP contribution in [-0.2, 0) is 0 Å². The minimum absolute atomic E-state index is 0.473. The first-order valence-corrected chi connectivity index (χ1v) is 7.89. The van der Waals surface area contributed by atoms with Gasteiger partial charge in [-0.15, -0.1) is 0 Å². The van der Waals surface area contributed by atoms with Crippen LogP contribution in [0.5, 0.6) is 0 Å². The van der Waals surface area contributed by atoms with E-state index >= 15 is 0 Å². The maximum absolute atomic E-state index is 6.01. The lowest BCUT2D eigenvalue weighted by Gasteiger charge is -2.33. The molecule has 3 heterocycles. The summed E-state index contributed by atoms with van der Waals surface area (Å²) in [4.78, 5) is 19.9. The number of hydrogen-bond donors (Lipinski definition) is 2. The molecule has 1 aliphatic heterocycles. The van der Waals surface area contributed by atoms with Crippen LogP contribution < -0.4 is 16.4 Å². The van der Waals surface area contributed by atoms with Crippen molar-refractivity contribution in [2.75, 3.05) is 17.2 Å². The van der Waals surface area contributed by atoms with Crippen molar-refractivity contribution in [2.24, 2.45) is 10.7 Å². The molecule has 23 heavy (non-hydrogen) atoms. The fraction of sp³-hybridized carbons (Fsp3) is 0.375. The molecular weight excluding hydrogens is 290 g/mol. The van der Waals surface area contributed by atoms with Crippen molar-refractivity contribution in [1.29, 1.82) is 0 Å². The summed E-state index contributed by atoms with van der Waals surface area (Å²) in [5, 5.41) is 0. The zero-order chi connectivity index (χ0) is 15.8. The molecule has 1 saturated carbocycles. The third kappa shape index (κ3) is 2.48. The third-order valence-electron chi connectivity index (χ3n) is 4.48. The number of fused-ring (bicyclic) bond motifs is 1. The normalized spacial score (nSPS) is 17.9. The molecule has 0 aromatic carbocycles. The molecular formula is C16H19N7. The van der Waals surface area contributed by atoms with E-state index in [2.05, 4.69) is 19.9 Å². The van der Waals surface area contributed by atoms with Crippen LogP contribution in [0.3, 0.4) is 0 Å². The van der Waals surface area contributed by atoms with Gasteiger partial charge in [-0.1, -0.05) is 12.8 Å². The molecule has 118 valence electrons. The molecule has 0 saturated heterocycles. The van der Waals surface area contributed by atoms with Gasteiger partial charge in [0.05, 0.1) is 24.6 Å². The number of nitrogens with two attached hydrogens (primary N) is 2. The van der Waals surface area contributed by atoms with Crippen LogP contribution in [0, 0.1) is 0 Å². The summed E-state index contributed by atoms with van der Waals surface area (Å²) >= 11 is 0. The van der Waals surface area contributed by atoms with Gasteiger partial charge in [-0.2, -0.15) is 0 Å². The van der Waals surface area contributed by atoms with Crippen molar-refractivity contribution < 1.29 is 0 Å². The molecule has 0 radical (unpaired) electrons. The first-order chi connectivity index (χ1) is 11.2. The molecule has 2 aromatic heterocycles. The van der Waals surface area contributed by atoms with Crippen LogP contribution >= 0.6 is 0 Å². The van der Waals surface area contributed by atoms with Gasteiger partial charge in [-0.3, -0.25) is 4.98 Å². The average Bonchev–Trinajstić information content (AvgIpc) is 3.08. The van der Waals surface area contributed by atoms with Crippen LogP contribution in [0.25, 0.3) is 11.4 Å². The van der Waals surface area contributed by atoms with Crippen molar-refractivity contribution >= 4 is 23.0 Å². The van der Waals surface area contributed by atoms with Crippen molar-refractivity contribution in [2.45, 2.75) is 31.7 Å². The van der Waals surface area contributed by atoms with Gasteiger partial charge in [0.25, 0.3) is 0 Å². The molecule has 2 aromatic rings. The number of aliphatic imine (C=N–C) groups is 1. The summed E-state index contributed by atoms with van der Waals surface area (Å²) < 4.78 is 0. The highest BCUT2D eigenvalue weighted by atomic mass is 15.3. The van der Waals surface area contributed by atoms with Crippen molar-refractivity contribution in [3.05, 3.63) is 24.7 Å². The Morgan fingerprint density at radius 2 is 1.96 bits per heavy atom. The Hall–Kier alpha value is -2.70. The summed E-state index contributed by atoms with van der Waals surface area (Å²) in [6, 6.07) is 2.30. The van der Waals surface area contributed by atoms with Crippen molar-refractivity contribution in [3.63, 3.8) is 0 Å². The van der Waals surface area contributed by atoms with Gasteiger partial charge in [-0.25, -0.2) is 15.0 Å². The van der Waals surface area contributed by atoms with Gasteiger partial charge in [0.2, 0.25) is 0 Å². The van der Waals surface area contributed by atoms with Gasteiger partial charge >= 0.3 is 0 Å². The molecule has 2 aliphatic rings. The predicted molar refractivity (Wildman–Crippen MR) is 90.6 cm³/mol. The number of pyridine rings is 1. The maximum atomic E-state index is 6.01. The molecule has 0 spiro atoms. The lowest BCUT2D eigenvalue weighted by atomic mass is 10.1. The molecule has 0 amide bonds. The second-order valence-corrected chi connectivity index (χ2v) is 6.03. The minimum atomic E-state index is 0.473. The first-order valence-electron chi connectivity index (χ1n) is 7.89. The summed E-state index contributed by atoms with van der Waals surface area (Å²) in [7, 11) is 0. The number of nitrogens with zero attached hydrogens (tertiary/aromatic N) is 5. The Labute approximate surface area is 134 Å². The van der Waals surface area contributed by atoms with E-state index in [1.165, 1.54) is 25.7 Å². The topological polar surface area (TPSA) is 106 Å². The molecule has 1 aliphatic carbocycles. The standard InChI is InChI=1S/C16H19N7/c17-12-7-19-6-5-11(12)15-20-8-13-16(22-15)23(9-14(18)21-13)10-3-1-2-4-10/h5-8,10H,1-4,9,17H2,(H2,18,21). The molecule has 0 bridgehead atoms. The summed E-state index contributed by atoms with van der Waals surface area (Å²) in [6.45, 7) is 0.625. The number of anilines is 2. The van der Waals surface area contributed by atoms with E-state index in [0.717, 1.165) is 17.1 Å². The van der Waals surface area contributed by atoms with Gasteiger partial charge in [0, 0.05) is 17.8 Å². The van der Waals surface area contributed by atoms with Crippen LogP contribution in [-0.4, -0.2) is 33.4 Å². The van der Waals surface area contributed by atoms with Gasteiger partial charge in [0.15, 0.2) is 11.6 Å². The Morgan fingerprint density at radius 1 is 1.13 bits per heavy atom. The van der Waals surface area contributed by atoms with Crippen LogP contribution in [0.2, 0.25) is 0 Å². The highest BCUT2D eigenvalue weighted by molar-refractivity contribution is 5.92. The van der Waals surface area contributed by atoms with Gasteiger partial charge in [-0.05, 0) is 18.9 Å². The molecule has 7 heteroatoms. The fourth-order valence-electron chi connectivity index (χ4n) is 3.35. The molecule has 4 N–H and O–H groups in total. The lowest BCUT2D eigenvalue weighted by Crippen LogP contribution is -2.42. The third-order valence-corrected chi connectivity index (χ3v) is 4.48. The first kappa shape index (κ1) is 13.9. The Morgan fingerprint density at radius 3 is 2.74 bits per heavy atom. The molecule has 7 nitrogen and oxygen atoms in total. The van der Waals surface area contributed by atoms with E-state index in [1.54, 1.807) is 18.6 Å². The Balaban J connectivity index is 1.79. The number of nitrogen functional groups attached to an aromatic ring is 1.